The third-order valence-electron chi connectivity index (χ3n) is 3.95. The molecule has 1 atom stereocenters. The summed E-state index contributed by atoms with van der Waals surface area (Å²) in [5.74, 6) is 0.409. The molecule has 11 N–H and O–H groups in total. The van der Waals surface area contributed by atoms with Crippen LogP contribution >= 0.6 is 0 Å². The molecule has 0 saturated heterocycles. The maximum atomic E-state index is 11.7. The van der Waals surface area contributed by atoms with Crippen LogP contribution in [0.25, 0.3) is 0 Å². The normalized spacial score (nSPS) is 10.5. The number of para-hydroxylation sites is 2. The molecule has 178 valence electrons. The third-order valence-corrected chi connectivity index (χ3v) is 3.95. The number of pyridine rings is 1. The average Bonchev–Trinajstić information content (AvgIpc) is 2.79. The highest BCUT2D eigenvalue weighted by Crippen LogP contribution is 2.20. The largest absolute Gasteiger partial charge is 0.424 e. The summed E-state index contributed by atoms with van der Waals surface area (Å²) in [6.07, 6.45) is 2.62. The average molecular weight is 448 g/mol. The number of aromatic nitrogens is 1. The second-order valence-electron chi connectivity index (χ2n) is 6.42. The first-order valence-corrected chi connectivity index (χ1v) is 10.6. The zero-order valence-electron chi connectivity index (χ0n) is 19.1. The van der Waals surface area contributed by atoms with Crippen molar-refractivity contribution in [3.63, 3.8) is 0 Å². The van der Waals surface area contributed by atoms with Gasteiger partial charge in [0.2, 0.25) is 5.91 Å². The number of esters is 1. The van der Waals surface area contributed by atoms with Gasteiger partial charge in [0, 0.05) is 6.42 Å². The Hall–Kier alpha value is -3.37. The predicted molar refractivity (Wildman–Crippen MR) is 131 cm³/mol. The van der Waals surface area contributed by atoms with Crippen LogP contribution in [0.4, 0.5) is 23.0 Å². The molecule has 0 fully saturated rings. The number of unbranched alkanes of at least 4 members (excludes halogenated alkanes) is 1. The van der Waals surface area contributed by atoms with E-state index >= 15 is 0 Å². The second kappa shape index (κ2) is 16.3. The van der Waals surface area contributed by atoms with Gasteiger partial charge in [-0.1, -0.05) is 39.3 Å². The van der Waals surface area contributed by atoms with Crippen molar-refractivity contribution >= 4 is 34.9 Å². The van der Waals surface area contributed by atoms with Gasteiger partial charge in [-0.25, -0.2) is 4.98 Å². The standard InChI is InChI=1S/C11H20N6O.C9H11NO2.C2H6/c12-6-2-1-3-8(14)11(18)17-9-5-4-7(13)10(15)16-9;1-2-9(11)12-8-6-4-3-5-7(8)10;1-2/h4-5,8H,1-3,6,12-14H2,(H3,15,16,17,18);3-6H,2,10H2,1H3;1-2H3. The van der Waals surface area contributed by atoms with E-state index in [2.05, 4.69) is 10.3 Å². The van der Waals surface area contributed by atoms with E-state index in [1.807, 2.05) is 13.8 Å². The summed E-state index contributed by atoms with van der Waals surface area (Å²) in [4.78, 5) is 26.5. The fourth-order valence-corrected chi connectivity index (χ4v) is 2.18. The lowest BCUT2D eigenvalue weighted by molar-refractivity contribution is -0.134. The molecule has 1 amide bonds. The predicted octanol–water partition coefficient (Wildman–Crippen LogP) is 2.25. The number of nitrogens with two attached hydrogens (primary N) is 5. The van der Waals surface area contributed by atoms with Gasteiger partial charge in [-0.15, -0.1) is 0 Å². The molecule has 1 aromatic heterocycles. The third kappa shape index (κ3) is 11.1. The smallest absolute Gasteiger partial charge is 0.310 e. The molecule has 0 bridgehead atoms. The quantitative estimate of drug-likeness (QED) is 0.152. The number of hydrogen-bond acceptors (Lipinski definition) is 9. The Morgan fingerprint density at radius 1 is 1.03 bits per heavy atom. The van der Waals surface area contributed by atoms with Crippen molar-refractivity contribution in [3.05, 3.63) is 36.4 Å². The van der Waals surface area contributed by atoms with Crippen molar-refractivity contribution < 1.29 is 14.3 Å². The Bertz CT molecular complexity index is 831. The summed E-state index contributed by atoms with van der Waals surface area (Å²) in [7, 11) is 0. The molecule has 0 spiro atoms. The molecule has 0 saturated carbocycles. The van der Waals surface area contributed by atoms with Crippen molar-refractivity contribution in [2.75, 3.05) is 29.1 Å². The fourth-order valence-electron chi connectivity index (χ4n) is 2.18. The SMILES string of the molecule is CC.CCC(=O)Oc1ccccc1N.NCCCCC(N)C(=O)Nc1ccc(N)c(N)n1. The molecular weight excluding hydrogens is 410 g/mol. The molecule has 0 aliphatic carbocycles. The van der Waals surface area contributed by atoms with E-state index in [1.54, 1.807) is 43.3 Å². The minimum atomic E-state index is -0.572. The van der Waals surface area contributed by atoms with E-state index in [1.165, 1.54) is 0 Å². The van der Waals surface area contributed by atoms with Gasteiger partial charge in [-0.3, -0.25) is 9.59 Å². The van der Waals surface area contributed by atoms with Gasteiger partial charge < -0.3 is 38.7 Å². The lowest BCUT2D eigenvalue weighted by Crippen LogP contribution is -2.35. The Labute approximate surface area is 189 Å². The lowest BCUT2D eigenvalue weighted by Gasteiger charge is -2.12. The van der Waals surface area contributed by atoms with Crippen LogP contribution in [0.1, 0.15) is 46.5 Å². The van der Waals surface area contributed by atoms with Crippen LogP contribution in [0.5, 0.6) is 5.75 Å². The van der Waals surface area contributed by atoms with Gasteiger partial charge in [0.1, 0.15) is 11.6 Å². The summed E-state index contributed by atoms with van der Waals surface area (Å²) in [6.45, 7) is 6.34. The summed E-state index contributed by atoms with van der Waals surface area (Å²) in [5, 5.41) is 2.59. The summed E-state index contributed by atoms with van der Waals surface area (Å²) >= 11 is 0. The number of carbonyl (C=O) groups is 2. The Kier molecular flexibility index (Phi) is 14.6. The minimum Gasteiger partial charge on any atom is -0.424 e. The molecule has 2 rings (SSSR count). The molecule has 0 aliphatic heterocycles. The highest BCUT2D eigenvalue weighted by atomic mass is 16.5. The monoisotopic (exact) mass is 447 g/mol. The molecule has 1 aromatic carbocycles. The Morgan fingerprint density at radius 2 is 1.69 bits per heavy atom. The number of nitrogens with one attached hydrogen (secondary N) is 1. The molecule has 0 radical (unpaired) electrons. The van der Waals surface area contributed by atoms with Crippen LogP contribution in [0.3, 0.4) is 0 Å². The molecule has 1 heterocycles. The zero-order valence-corrected chi connectivity index (χ0v) is 19.1. The minimum absolute atomic E-state index is 0.185. The summed E-state index contributed by atoms with van der Waals surface area (Å²) in [5.41, 5.74) is 28.6. The van der Waals surface area contributed by atoms with Gasteiger partial charge in [-0.05, 0) is 43.7 Å². The van der Waals surface area contributed by atoms with Crippen LogP contribution < -0.4 is 38.7 Å². The number of amides is 1. The number of hydrogen-bond donors (Lipinski definition) is 6. The van der Waals surface area contributed by atoms with Gasteiger partial charge in [0.25, 0.3) is 0 Å². The van der Waals surface area contributed by atoms with E-state index in [0.29, 0.717) is 42.3 Å². The number of nitrogens with zero attached hydrogens (tertiary/aromatic N) is 1. The maximum absolute atomic E-state index is 11.7. The van der Waals surface area contributed by atoms with Gasteiger partial charge in [0.05, 0.1) is 17.4 Å². The first-order chi connectivity index (χ1) is 15.3. The lowest BCUT2D eigenvalue weighted by atomic mass is 10.1. The number of carbonyl (C=O) groups excluding carboxylic acids is 2. The van der Waals surface area contributed by atoms with E-state index in [0.717, 1.165) is 12.8 Å². The Balaban J connectivity index is 0.000000595. The van der Waals surface area contributed by atoms with Crippen LogP contribution in [-0.2, 0) is 9.59 Å². The van der Waals surface area contributed by atoms with Crippen molar-refractivity contribution in [3.8, 4) is 5.75 Å². The first kappa shape index (κ1) is 28.6. The Morgan fingerprint density at radius 3 is 2.25 bits per heavy atom. The second-order valence-corrected chi connectivity index (χ2v) is 6.42. The van der Waals surface area contributed by atoms with Crippen LogP contribution in [-0.4, -0.2) is 29.4 Å². The van der Waals surface area contributed by atoms with Crippen molar-refractivity contribution in [1.29, 1.82) is 0 Å². The topological polar surface area (TPSA) is 198 Å². The van der Waals surface area contributed by atoms with Crippen molar-refractivity contribution in [1.82, 2.24) is 4.98 Å². The zero-order chi connectivity index (χ0) is 24.5. The molecule has 2 aromatic rings. The van der Waals surface area contributed by atoms with Crippen molar-refractivity contribution in [2.24, 2.45) is 11.5 Å². The molecule has 1 unspecified atom stereocenters. The number of rotatable bonds is 8. The maximum Gasteiger partial charge on any atom is 0.310 e. The van der Waals surface area contributed by atoms with E-state index < -0.39 is 6.04 Å². The molecule has 10 heteroatoms. The molecule has 0 aliphatic rings. The number of nitrogen functional groups attached to an aromatic ring is 3. The molecule has 10 nitrogen and oxygen atoms in total. The number of ether oxygens (including phenoxy) is 1. The van der Waals surface area contributed by atoms with Gasteiger partial charge in [-0.2, -0.15) is 0 Å². The number of anilines is 4. The van der Waals surface area contributed by atoms with Crippen LogP contribution in [0, 0.1) is 0 Å². The van der Waals surface area contributed by atoms with E-state index in [4.69, 9.17) is 33.4 Å². The highest BCUT2D eigenvalue weighted by Gasteiger charge is 2.13. The van der Waals surface area contributed by atoms with E-state index in [9.17, 15) is 9.59 Å². The van der Waals surface area contributed by atoms with E-state index in [-0.39, 0.29) is 17.7 Å². The summed E-state index contributed by atoms with van der Waals surface area (Å²) in [6, 6.07) is 9.51. The van der Waals surface area contributed by atoms with Crippen LogP contribution in [0.15, 0.2) is 36.4 Å². The molecule has 32 heavy (non-hydrogen) atoms. The number of benzene rings is 1. The van der Waals surface area contributed by atoms with Gasteiger partial charge >= 0.3 is 5.97 Å². The highest BCUT2D eigenvalue weighted by molar-refractivity contribution is 5.94. The summed E-state index contributed by atoms with van der Waals surface area (Å²) < 4.78 is 4.93. The van der Waals surface area contributed by atoms with Crippen LogP contribution in [0.2, 0.25) is 0 Å². The molecular formula is C22H37N7O3. The first-order valence-electron chi connectivity index (χ1n) is 10.6. The van der Waals surface area contributed by atoms with Crippen molar-refractivity contribution in [2.45, 2.75) is 52.5 Å². The fraction of sp³-hybridized carbons (Fsp3) is 0.409. The van der Waals surface area contributed by atoms with Gasteiger partial charge in [0.15, 0.2) is 5.75 Å².